The van der Waals surface area contributed by atoms with Crippen LogP contribution in [0, 0.1) is 0 Å². The first-order valence-corrected chi connectivity index (χ1v) is 10.0. The van der Waals surface area contributed by atoms with Crippen molar-refractivity contribution in [1.82, 2.24) is 5.32 Å². The van der Waals surface area contributed by atoms with E-state index >= 15 is 0 Å². The Bertz CT molecular complexity index is 298. The summed E-state index contributed by atoms with van der Waals surface area (Å²) in [5, 5.41) is 4.87. The van der Waals surface area contributed by atoms with Crippen LogP contribution < -0.4 is 5.32 Å². The third-order valence-corrected chi connectivity index (χ3v) is 6.88. The molecule has 1 spiro atoms. The molecule has 3 fully saturated rings. The molecular formula is C17H31NOS. The van der Waals surface area contributed by atoms with E-state index in [1.807, 2.05) is 0 Å². The summed E-state index contributed by atoms with van der Waals surface area (Å²) in [7, 11) is 0. The predicted molar refractivity (Wildman–Crippen MR) is 87.5 cm³/mol. The highest BCUT2D eigenvalue weighted by atomic mass is 32.2. The first-order chi connectivity index (χ1) is 9.81. The van der Waals surface area contributed by atoms with Gasteiger partial charge in [-0.3, -0.25) is 0 Å². The van der Waals surface area contributed by atoms with Crippen molar-refractivity contribution in [3.63, 3.8) is 0 Å². The van der Waals surface area contributed by atoms with E-state index in [0.29, 0.717) is 6.04 Å². The Hall–Kier alpha value is 0.270. The molecule has 0 aromatic carbocycles. The summed E-state index contributed by atoms with van der Waals surface area (Å²) in [6.45, 7) is 0.980. The van der Waals surface area contributed by atoms with Gasteiger partial charge in [-0.25, -0.2) is 0 Å². The Labute approximate surface area is 128 Å². The molecule has 116 valence electrons. The summed E-state index contributed by atoms with van der Waals surface area (Å²) in [6, 6.07) is 1.46. The van der Waals surface area contributed by atoms with Crippen molar-refractivity contribution in [3.05, 3.63) is 0 Å². The van der Waals surface area contributed by atoms with E-state index in [0.717, 1.165) is 17.9 Å². The van der Waals surface area contributed by atoms with Crippen LogP contribution >= 0.6 is 11.8 Å². The molecule has 0 radical (unpaired) electrons. The predicted octanol–water partition coefficient (Wildman–Crippen LogP) is 4.13. The molecule has 2 aliphatic carbocycles. The number of hydrogen-bond acceptors (Lipinski definition) is 3. The lowest BCUT2D eigenvalue weighted by Crippen LogP contribution is -2.53. The van der Waals surface area contributed by atoms with Crippen LogP contribution in [0.3, 0.4) is 0 Å². The lowest BCUT2D eigenvalue weighted by atomic mass is 9.78. The summed E-state index contributed by atoms with van der Waals surface area (Å²) in [4.78, 5) is 0. The quantitative estimate of drug-likeness (QED) is 0.846. The van der Waals surface area contributed by atoms with Crippen molar-refractivity contribution in [2.75, 3.05) is 12.9 Å². The van der Waals surface area contributed by atoms with Crippen molar-refractivity contribution < 1.29 is 4.74 Å². The molecule has 2 saturated carbocycles. The Balaban J connectivity index is 1.56. The van der Waals surface area contributed by atoms with Crippen molar-refractivity contribution in [1.29, 1.82) is 0 Å². The third-order valence-electron chi connectivity index (χ3n) is 5.71. The van der Waals surface area contributed by atoms with Crippen LogP contribution in [0.25, 0.3) is 0 Å². The molecule has 3 atom stereocenters. The van der Waals surface area contributed by atoms with Gasteiger partial charge in [0.25, 0.3) is 0 Å². The first-order valence-electron chi connectivity index (χ1n) is 8.74. The Kier molecular flexibility index (Phi) is 5.33. The van der Waals surface area contributed by atoms with Crippen molar-refractivity contribution in [2.45, 2.75) is 93.6 Å². The maximum atomic E-state index is 6.23. The fourth-order valence-electron chi connectivity index (χ4n) is 4.59. The van der Waals surface area contributed by atoms with E-state index in [2.05, 4.69) is 23.3 Å². The lowest BCUT2D eigenvalue weighted by Gasteiger charge is -2.45. The van der Waals surface area contributed by atoms with Gasteiger partial charge >= 0.3 is 0 Å². The average Bonchev–Trinajstić information content (AvgIpc) is 2.49. The molecule has 1 heterocycles. The fourth-order valence-corrected chi connectivity index (χ4v) is 5.53. The molecule has 1 aliphatic heterocycles. The Morgan fingerprint density at radius 1 is 1.00 bits per heavy atom. The van der Waals surface area contributed by atoms with Crippen LogP contribution in [-0.4, -0.2) is 35.8 Å². The Morgan fingerprint density at radius 3 is 2.60 bits per heavy atom. The molecule has 0 aromatic heterocycles. The molecule has 3 unspecified atom stereocenters. The van der Waals surface area contributed by atoms with E-state index in [1.165, 1.54) is 70.6 Å². The summed E-state index contributed by atoms with van der Waals surface area (Å²) in [6.07, 6.45) is 17.2. The number of nitrogens with one attached hydrogen (secondary N) is 1. The highest BCUT2D eigenvalue weighted by molar-refractivity contribution is 7.99. The van der Waals surface area contributed by atoms with E-state index in [4.69, 9.17) is 4.74 Å². The normalized spacial score (nSPS) is 38.0. The van der Waals surface area contributed by atoms with Crippen LogP contribution in [0.2, 0.25) is 0 Å². The lowest BCUT2D eigenvalue weighted by molar-refractivity contribution is -0.110. The highest BCUT2D eigenvalue weighted by Crippen LogP contribution is 2.39. The van der Waals surface area contributed by atoms with Gasteiger partial charge in [-0.05, 0) is 44.8 Å². The minimum atomic E-state index is 0.248. The molecule has 0 amide bonds. The fraction of sp³-hybridized carbons (Fsp3) is 1.00. The molecule has 3 rings (SSSR count). The standard InChI is InChI=1S/C17H31NOS/c1-20-16-8-4-3-7-15(16)18-14-9-12-19-17(13-14)10-5-2-6-11-17/h14-16,18H,2-13H2,1H3. The second-order valence-corrected chi connectivity index (χ2v) is 8.19. The van der Waals surface area contributed by atoms with E-state index in [-0.39, 0.29) is 5.60 Å². The van der Waals surface area contributed by atoms with E-state index in [9.17, 15) is 0 Å². The topological polar surface area (TPSA) is 21.3 Å². The van der Waals surface area contributed by atoms with Gasteiger partial charge in [0, 0.05) is 23.9 Å². The van der Waals surface area contributed by atoms with Gasteiger partial charge in [0.2, 0.25) is 0 Å². The summed E-state index contributed by atoms with van der Waals surface area (Å²) < 4.78 is 6.23. The zero-order valence-electron chi connectivity index (χ0n) is 13.0. The van der Waals surface area contributed by atoms with Gasteiger partial charge in [0.15, 0.2) is 0 Å². The smallest absolute Gasteiger partial charge is 0.0697 e. The molecule has 0 bridgehead atoms. The maximum Gasteiger partial charge on any atom is 0.0697 e. The minimum absolute atomic E-state index is 0.248. The van der Waals surface area contributed by atoms with Gasteiger partial charge in [0.1, 0.15) is 0 Å². The number of rotatable bonds is 3. The molecule has 1 saturated heterocycles. The number of hydrogen-bond donors (Lipinski definition) is 1. The molecule has 20 heavy (non-hydrogen) atoms. The second kappa shape index (κ2) is 7.02. The SMILES string of the molecule is CSC1CCCCC1NC1CCOC2(CCCCC2)C1. The van der Waals surface area contributed by atoms with Crippen LogP contribution in [0.4, 0.5) is 0 Å². The monoisotopic (exact) mass is 297 g/mol. The summed E-state index contributed by atoms with van der Waals surface area (Å²) in [5.74, 6) is 0. The summed E-state index contributed by atoms with van der Waals surface area (Å²) >= 11 is 2.08. The van der Waals surface area contributed by atoms with Crippen LogP contribution in [0.1, 0.15) is 70.6 Å². The van der Waals surface area contributed by atoms with Gasteiger partial charge in [-0.2, -0.15) is 11.8 Å². The van der Waals surface area contributed by atoms with Crippen molar-refractivity contribution in [3.8, 4) is 0 Å². The van der Waals surface area contributed by atoms with Crippen molar-refractivity contribution in [2.24, 2.45) is 0 Å². The molecular weight excluding hydrogens is 266 g/mol. The highest BCUT2D eigenvalue weighted by Gasteiger charge is 2.39. The zero-order chi connectivity index (χ0) is 13.8. The van der Waals surface area contributed by atoms with Gasteiger partial charge in [-0.1, -0.05) is 32.1 Å². The molecule has 2 nitrogen and oxygen atoms in total. The minimum Gasteiger partial charge on any atom is -0.375 e. The number of ether oxygens (including phenoxy) is 1. The molecule has 1 N–H and O–H groups in total. The van der Waals surface area contributed by atoms with Crippen LogP contribution in [0.5, 0.6) is 0 Å². The third kappa shape index (κ3) is 3.53. The first kappa shape index (κ1) is 15.2. The van der Waals surface area contributed by atoms with Crippen molar-refractivity contribution >= 4 is 11.8 Å². The summed E-state index contributed by atoms with van der Waals surface area (Å²) in [5.41, 5.74) is 0.248. The van der Waals surface area contributed by atoms with E-state index < -0.39 is 0 Å². The van der Waals surface area contributed by atoms with Gasteiger partial charge < -0.3 is 10.1 Å². The average molecular weight is 298 g/mol. The molecule has 0 aromatic rings. The van der Waals surface area contributed by atoms with Crippen LogP contribution in [-0.2, 0) is 4.74 Å². The number of thioether (sulfide) groups is 1. The van der Waals surface area contributed by atoms with Gasteiger partial charge in [-0.15, -0.1) is 0 Å². The maximum absolute atomic E-state index is 6.23. The Morgan fingerprint density at radius 2 is 1.80 bits per heavy atom. The molecule has 3 aliphatic rings. The van der Waals surface area contributed by atoms with Crippen LogP contribution in [0.15, 0.2) is 0 Å². The molecule has 3 heteroatoms. The largest absolute Gasteiger partial charge is 0.375 e. The second-order valence-electron chi connectivity index (χ2n) is 7.11. The van der Waals surface area contributed by atoms with E-state index in [1.54, 1.807) is 0 Å². The zero-order valence-corrected chi connectivity index (χ0v) is 13.9. The van der Waals surface area contributed by atoms with Gasteiger partial charge in [0.05, 0.1) is 5.60 Å².